The van der Waals surface area contributed by atoms with Gasteiger partial charge >= 0.3 is 0 Å². The molecule has 0 amide bonds. The van der Waals surface area contributed by atoms with Crippen LogP contribution in [0.4, 0.5) is 0 Å². The third kappa shape index (κ3) is 3.58. The number of hydrogen-bond acceptors (Lipinski definition) is 4. The summed E-state index contributed by atoms with van der Waals surface area (Å²) in [5.74, 6) is 2.18. The van der Waals surface area contributed by atoms with E-state index in [1.165, 1.54) is 4.70 Å². The molecule has 0 aliphatic heterocycles. The second-order valence-electron chi connectivity index (χ2n) is 5.87. The molecule has 0 N–H and O–H groups in total. The molecule has 26 heavy (non-hydrogen) atoms. The Balaban J connectivity index is 1.49. The highest BCUT2D eigenvalue weighted by atomic mass is 35.5. The fraction of sp³-hybridized carbons (Fsp3) is 0.150. The number of hydrogen-bond donors (Lipinski definition) is 0. The number of rotatable bonds is 5. The molecule has 0 aliphatic rings. The molecule has 0 bridgehead atoms. The molecule has 0 unspecified atom stereocenters. The number of oxazole rings is 1. The first-order valence-electron chi connectivity index (χ1n) is 8.12. The predicted molar refractivity (Wildman–Crippen MR) is 108 cm³/mol. The van der Waals surface area contributed by atoms with Crippen molar-refractivity contribution in [2.24, 2.45) is 0 Å². The summed E-state index contributed by atoms with van der Waals surface area (Å²) in [5.41, 5.74) is 1.63. The lowest BCUT2D eigenvalue weighted by atomic mass is 10.2. The maximum Gasteiger partial charge on any atom is 0.226 e. The van der Waals surface area contributed by atoms with Crippen LogP contribution in [-0.4, -0.2) is 11.6 Å². The van der Waals surface area contributed by atoms with E-state index in [2.05, 4.69) is 22.5 Å². The number of nitrogens with zero attached hydrogens (tertiary/aromatic N) is 1. The third-order valence-corrected chi connectivity index (χ3v) is 5.37. The third-order valence-electron chi connectivity index (χ3n) is 4.05. The van der Waals surface area contributed by atoms with Gasteiger partial charge in [0.25, 0.3) is 0 Å². The number of halogens is 2. The highest BCUT2D eigenvalue weighted by Crippen LogP contribution is 2.30. The summed E-state index contributed by atoms with van der Waals surface area (Å²) in [6.07, 6.45) is 0.657. The number of fused-ring (bicyclic) bond motifs is 1. The largest absolute Gasteiger partial charge is 0.493 e. The van der Waals surface area contributed by atoms with E-state index in [1.54, 1.807) is 29.5 Å². The van der Waals surface area contributed by atoms with Crippen LogP contribution in [0.3, 0.4) is 0 Å². The van der Waals surface area contributed by atoms with Crippen LogP contribution in [0.5, 0.6) is 5.75 Å². The second-order valence-corrected chi connectivity index (χ2v) is 7.69. The van der Waals surface area contributed by atoms with Crippen molar-refractivity contribution in [3.8, 4) is 17.2 Å². The van der Waals surface area contributed by atoms with Gasteiger partial charge in [0.2, 0.25) is 5.89 Å². The van der Waals surface area contributed by atoms with Crippen molar-refractivity contribution in [2.45, 2.75) is 13.3 Å². The Hall–Kier alpha value is -2.01. The first-order chi connectivity index (χ1) is 12.6. The lowest BCUT2D eigenvalue weighted by Crippen LogP contribution is -2.02. The van der Waals surface area contributed by atoms with Crippen molar-refractivity contribution < 1.29 is 9.15 Å². The van der Waals surface area contributed by atoms with E-state index in [1.807, 2.05) is 19.1 Å². The van der Waals surface area contributed by atoms with Gasteiger partial charge in [0.1, 0.15) is 11.5 Å². The molecule has 3 nitrogen and oxygen atoms in total. The molecule has 4 aromatic rings. The topological polar surface area (TPSA) is 35.3 Å². The molecule has 0 radical (unpaired) electrons. The number of aromatic nitrogens is 1. The molecular formula is C20H15Cl2NO2S. The van der Waals surface area contributed by atoms with Gasteiger partial charge in [0.05, 0.1) is 12.3 Å². The number of ether oxygens (including phenoxy) is 1. The van der Waals surface area contributed by atoms with Crippen molar-refractivity contribution in [1.29, 1.82) is 0 Å². The average Bonchev–Trinajstić information content (AvgIpc) is 3.21. The van der Waals surface area contributed by atoms with Crippen LogP contribution in [0, 0.1) is 6.92 Å². The van der Waals surface area contributed by atoms with Gasteiger partial charge in [-0.05, 0) is 48.7 Å². The van der Waals surface area contributed by atoms with Gasteiger partial charge in [-0.15, -0.1) is 11.3 Å². The Labute approximate surface area is 165 Å². The minimum Gasteiger partial charge on any atom is -0.493 e. The quantitative estimate of drug-likeness (QED) is 0.367. The molecule has 0 saturated heterocycles. The molecule has 0 spiro atoms. The summed E-state index contributed by atoms with van der Waals surface area (Å²) in [6, 6.07) is 13.4. The Bertz CT molecular complexity index is 1050. The van der Waals surface area contributed by atoms with Crippen LogP contribution in [0.2, 0.25) is 10.0 Å². The lowest BCUT2D eigenvalue weighted by molar-refractivity contribution is 0.323. The predicted octanol–water partition coefficient (Wildman–Crippen LogP) is 6.79. The summed E-state index contributed by atoms with van der Waals surface area (Å²) >= 11 is 13.8. The minimum atomic E-state index is 0.516. The average molecular weight is 404 g/mol. The van der Waals surface area contributed by atoms with Crippen molar-refractivity contribution in [3.63, 3.8) is 0 Å². The molecule has 0 atom stereocenters. The van der Waals surface area contributed by atoms with Gasteiger partial charge in [0.15, 0.2) is 0 Å². The van der Waals surface area contributed by atoms with Crippen molar-refractivity contribution in [1.82, 2.24) is 4.98 Å². The zero-order valence-corrected chi connectivity index (χ0v) is 16.3. The second kappa shape index (κ2) is 7.31. The summed E-state index contributed by atoms with van der Waals surface area (Å²) in [5, 5.41) is 4.32. The fourth-order valence-electron chi connectivity index (χ4n) is 2.81. The molecule has 0 fully saturated rings. The van der Waals surface area contributed by atoms with E-state index < -0.39 is 0 Å². The smallest absolute Gasteiger partial charge is 0.226 e. The zero-order valence-electron chi connectivity index (χ0n) is 14.0. The monoisotopic (exact) mass is 403 g/mol. The summed E-state index contributed by atoms with van der Waals surface area (Å²) < 4.78 is 13.0. The maximum absolute atomic E-state index is 6.06. The van der Waals surface area contributed by atoms with Gasteiger partial charge in [-0.3, -0.25) is 0 Å². The highest BCUT2D eigenvalue weighted by Gasteiger charge is 2.13. The Kier molecular flexibility index (Phi) is 4.90. The van der Waals surface area contributed by atoms with Gasteiger partial charge in [0, 0.05) is 32.1 Å². The van der Waals surface area contributed by atoms with Crippen LogP contribution in [0.1, 0.15) is 11.5 Å². The molecule has 2 aromatic carbocycles. The van der Waals surface area contributed by atoms with E-state index in [4.69, 9.17) is 32.4 Å². The van der Waals surface area contributed by atoms with Crippen LogP contribution in [0.15, 0.2) is 52.3 Å². The molecule has 2 heterocycles. The first kappa shape index (κ1) is 17.4. The maximum atomic E-state index is 6.06. The van der Waals surface area contributed by atoms with Crippen LogP contribution in [0.25, 0.3) is 21.5 Å². The molecule has 132 valence electrons. The van der Waals surface area contributed by atoms with Gasteiger partial charge in [-0.2, -0.15) is 0 Å². The molecule has 4 rings (SSSR count). The standard InChI is InChI=1S/C20H15Cl2NO2S/c1-12-17(23-20(25-12)13-9-14(21)11-15(22)10-13)5-7-24-18-3-2-4-19-16(18)6-8-26-19/h2-4,6,8-11H,5,7H2,1H3. The van der Waals surface area contributed by atoms with E-state index >= 15 is 0 Å². The number of benzene rings is 2. The highest BCUT2D eigenvalue weighted by molar-refractivity contribution is 7.17. The number of aryl methyl sites for hydroxylation is 1. The van der Waals surface area contributed by atoms with E-state index in [0.29, 0.717) is 29.0 Å². The Morgan fingerprint density at radius 2 is 1.92 bits per heavy atom. The van der Waals surface area contributed by atoms with Crippen LogP contribution in [-0.2, 0) is 6.42 Å². The van der Waals surface area contributed by atoms with E-state index in [0.717, 1.165) is 28.2 Å². The minimum absolute atomic E-state index is 0.516. The Morgan fingerprint density at radius 1 is 1.12 bits per heavy atom. The van der Waals surface area contributed by atoms with Gasteiger partial charge in [-0.25, -0.2) is 4.98 Å². The zero-order chi connectivity index (χ0) is 18.1. The molecule has 0 saturated carbocycles. The molecule has 6 heteroatoms. The molecular weight excluding hydrogens is 389 g/mol. The normalized spacial score (nSPS) is 11.2. The van der Waals surface area contributed by atoms with E-state index in [9.17, 15) is 0 Å². The summed E-state index contributed by atoms with van der Waals surface area (Å²) in [7, 11) is 0. The fourth-order valence-corrected chi connectivity index (χ4v) is 4.14. The Morgan fingerprint density at radius 3 is 2.73 bits per heavy atom. The summed E-state index contributed by atoms with van der Waals surface area (Å²) in [4.78, 5) is 4.58. The van der Waals surface area contributed by atoms with E-state index in [-0.39, 0.29) is 0 Å². The molecule has 0 aliphatic carbocycles. The SMILES string of the molecule is Cc1oc(-c2cc(Cl)cc(Cl)c2)nc1CCOc1cccc2sccc12. The number of thiophene rings is 1. The summed E-state index contributed by atoms with van der Waals surface area (Å²) in [6.45, 7) is 2.43. The molecule has 2 aromatic heterocycles. The lowest BCUT2D eigenvalue weighted by Gasteiger charge is -2.06. The van der Waals surface area contributed by atoms with Crippen molar-refractivity contribution in [2.75, 3.05) is 6.61 Å². The van der Waals surface area contributed by atoms with Crippen molar-refractivity contribution in [3.05, 3.63) is 69.3 Å². The van der Waals surface area contributed by atoms with Gasteiger partial charge < -0.3 is 9.15 Å². The van der Waals surface area contributed by atoms with Crippen molar-refractivity contribution >= 4 is 44.6 Å². The van der Waals surface area contributed by atoms with Crippen LogP contribution < -0.4 is 4.74 Å². The van der Waals surface area contributed by atoms with Crippen LogP contribution >= 0.6 is 34.5 Å². The first-order valence-corrected chi connectivity index (χ1v) is 9.75. The van der Waals surface area contributed by atoms with Gasteiger partial charge in [-0.1, -0.05) is 29.3 Å².